The van der Waals surface area contributed by atoms with Crippen LogP contribution in [0.1, 0.15) is 29.7 Å². The second-order valence-electron chi connectivity index (χ2n) is 4.58. The summed E-state index contributed by atoms with van der Waals surface area (Å²) in [6, 6.07) is 14.9. The van der Waals surface area contributed by atoms with Crippen molar-refractivity contribution in [3.8, 4) is 0 Å². The molecule has 0 saturated carbocycles. The Morgan fingerprint density at radius 2 is 1.89 bits per heavy atom. The highest BCUT2D eigenvalue weighted by molar-refractivity contribution is 9.10. The highest BCUT2D eigenvalue weighted by atomic mass is 79.9. The summed E-state index contributed by atoms with van der Waals surface area (Å²) >= 11 is 9.56. The molecular formula is C16H17BrClN. The first-order valence-electron chi connectivity index (χ1n) is 6.36. The number of benzene rings is 2. The Labute approximate surface area is 128 Å². The predicted molar refractivity (Wildman–Crippen MR) is 85.9 cm³/mol. The summed E-state index contributed by atoms with van der Waals surface area (Å²) in [6.07, 6.45) is 0. The first kappa shape index (κ1) is 14.6. The Kier molecular flexibility index (Phi) is 5.03. The fourth-order valence-corrected chi connectivity index (χ4v) is 2.69. The van der Waals surface area contributed by atoms with Gasteiger partial charge in [-0.15, -0.1) is 0 Å². The van der Waals surface area contributed by atoms with Gasteiger partial charge in [0.2, 0.25) is 0 Å². The molecule has 0 heterocycles. The molecule has 0 bridgehead atoms. The van der Waals surface area contributed by atoms with Crippen molar-refractivity contribution in [3.63, 3.8) is 0 Å². The lowest BCUT2D eigenvalue weighted by atomic mass is 9.97. The number of nitrogens with one attached hydrogen (secondary N) is 1. The van der Waals surface area contributed by atoms with Gasteiger partial charge in [0.1, 0.15) is 0 Å². The highest BCUT2D eigenvalue weighted by Gasteiger charge is 2.14. The smallest absolute Gasteiger partial charge is 0.0577 e. The van der Waals surface area contributed by atoms with Crippen molar-refractivity contribution in [2.75, 3.05) is 6.54 Å². The second kappa shape index (κ2) is 6.56. The average Bonchev–Trinajstić information content (AvgIpc) is 2.39. The van der Waals surface area contributed by atoms with Crippen LogP contribution in [0.5, 0.6) is 0 Å². The number of rotatable bonds is 4. The zero-order valence-electron chi connectivity index (χ0n) is 11.1. The fourth-order valence-electron chi connectivity index (χ4n) is 2.17. The molecule has 2 aromatic carbocycles. The third kappa shape index (κ3) is 3.59. The van der Waals surface area contributed by atoms with Crippen molar-refractivity contribution in [2.24, 2.45) is 0 Å². The van der Waals surface area contributed by atoms with Crippen LogP contribution < -0.4 is 5.32 Å². The van der Waals surface area contributed by atoms with Crippen LogP contribution in [-0.2, 0) is 0 Å². The van der Waals surface area contributed by atoms with Crippen LogP contribution in [-0.4, -0.2) is 6.54 Å². The Bertz CT molecular complexity index is 568. The molecule has 2 aromatic rings. The largest absolute Gasteiger partial charge is 0.307 e. The summed E-state index contributed by atoms with van der Waals surface area (Å²) in [7, 11) is 0. The van der Waals surface area contributed by atoms with Crippen molar-refractivity contribution in [1.29, 1.82) is 0 Å². The molecule has 19 heavy (non-hydrogen) atoms. The molecule has 0 aliphatic rings. The molecule has 0 fully saturated rings. The minimum absolute atomic E-state index is 0.193. The highest BCUT2D eigenvalue weighted by Crippen LogP contribution is 2.29. The predicted octanol–water partition coefficient (Wildman–Crippen LogP) is 5.11. The van der Waals surface area contributed by atoms with Crippen molar-refractivity contribution in [1.82, 2.24) is 5.32 Å². The van der Waals surface area contributed by atoms with E-state index < -0.39 is 0 Å². The summed E-state index contributed by atoms with van der Waals surface area (Å²) in [5, 5.41) is 4.26. The maximum absolute atomic E-state index is 6.07. The molecule has 2 rings (SSSR count). The van der Waals surface area contributed by atoms with Crippen molar-refractivity contribution < 1.29 is 0 Å². The van der Waals surface area contributed by atoms with E-state index in [-0.39, 0.29) is 6.04 Å². The lowest BCUT2D eigenvalue weighted by Gasteiger charge is -2.20. The maximum Gasteiger partial charge on any atom is 0.0577 e. The molecule has 0 saturated heterocycles. The van der Waals surface area contributed by atoms with Gasteiger partial charge in [0.05, 0.1) is 11.1 Å². The molecule has 0 amide bonds. The molecule has 3 heteroatoms. The molecule has 0 aliphatic carbocycles. The van der Waals surface area contributed by atoms with Crippen LogP contribution in [0.3, 0.4) is 0 Å². The van der Waals surface area contributed by atoms with Crippen LogP contribution in [0.25, 0.3) is 0 Å². The quantitative estimate of drug-likeness (QED) is 0.817. The SMILES string of the molecule is CCNC(c1cccc(C)c1)c1ccc(Cl)c(Br)c1. The van der Waals surface area contributed by atoms with Gasteiger partial charge in [0.25, 0.3) is 0 Å². The van der Waals surface area contributed by atoms with Crippen LogP contribution in [0.4, 0.5) is 0 Å². The number of aryl methyl sites for hydroxylation is 1. The van der Waals surface area contributed by atoms with E-state index in [0.717, 1.165) is 16.0 Å². The van der Waals surface area contributed by atoms with Gasteiger partial charge in [-0.25, -0.2) is 0 Å². The van der Waals surface area contributed by atoms with Gasteiger partial charge < -0.3 is 5.32 Å². The maximum atomic E-state index is 6.07. The Morgan fingerprint density at radius 3 is 2.53 bits per heavy atom. The Morgan fingerprint density at radius 1 is 1.16 bits per heavy atom. The van der Waals surface area contributed by atoms with Gasteiger partial charge in [-0.05, 0) is 52.7 Å². The van der Waals surface area contributed by atoms with Crippen molar-refractivity contribution in [3.05, 3.63) is 68.7 Å². The third-order valence-corrected chi connectivity index (χ3v) is 4.27. The van der Waals surface area contributed by atoms with E-state index in [1.165, 1.54) is 16.7 Å². The van der Waals surface area contributed by atoms with E-state index in [4.69, 9.17) is 11.6 Å². The second-order valence-corrected chi connectivity index (χ2v) is 5.84. The number of hydrogen-bond donors (Lipinski definition) is 1. The summed E-state index contributed by atoms with van der Waals surface area (Å²) in [4.78, 5) is 0. The summed E-state index contributed by atoms with van der Waals surface area (Å²) in [5.41, 5.74) is 3.76. The van der Waals surface area contributed by atoms with Crippen molar-refractivity contribution in [2.45, 2.75) is 19.9 Å². The van der Waals surface area contributed by atoms with Crippen LogP contribution in [0.2, 0.25) is 5.02 Å². The topological polar surface area (TPSA) is 12.0 Å². The van der Waals surface area contributed by atoms with E-state index in [0.29, 0.717) is 0 Å². The van der Waals surface area contributed by atoms with E-state index in [2.05, 4.69) is 71.5 Å². The average molecular weight is 339 g/mol. The molecule has 1 unspecified atom stereocenters. The van der Waals surface area contributed by atoms with Crippen LogP contribution >= 0.6 is 27.5 Å². The molecule has 0 aliphatic heterocycles. The minimum Gasteiger partial charge on any atom is -0.307 e. The zero-order valence-corrected chi connectivity index (χ0v) is 13.4. The van der Waals surface area contributed by atoms with Gasteiger partial charge in [-0.3, -0.25) is 0 Å². The monoisotopic (exact) mass is 337 g/mol. The Hall–Kier alpha value is -0.830. The fraction of sp³-hybridized carbons (Fsp3) is 0.250. The van der Waals surface area contributed by atoms with Gasteiger partial charge in [-0.2, -0.15) is 0 Å². The zero-order chi connectivity index (χ0) is 13.8. The van der Waals surface area contributed by atoms with E-state index in [1.54, 1.807) is 0 Å². The normalized spacial score (nSPS) is 12.4. The van der Waals surface area contributed by atoms with Crippen LogP contribution in [0, 0.1) is 6.92 Å². The van der Waals surface area contributed by atoms with E-state index in [9.17, 15) is 0 Å². The summed E-state index contributed by atoms with van der Waals surface area (Å²) in [5.74, 6) is 0. The van der Waals surface area contributed by atoms with Crippen LogP contribution in [0.15, 0.2) is 46.9 Å². The Balaban J connectivity index is 2.42. The summed E-state index contributed by atoms with van der Waals surface area (Å²) < 4.78 is 0.933. The van der Waals surface area contributed by atoms with E-state index >= 15 is 0 Å². The third-order valence-electron chi connectivity index (χ3n) is 3.06. The van der Waals surface area contributed by atoms with Gasteiger partial charge in [0.15, 0.2) is 0 Å². The van der Waals surface area contributed by atoms with Crippen molar-refractivity contribution >= 4 is 27.5 Å². The molecule has 0 radical (unpaired) electrons. The minimum atomic E-state index is 0.193. The van der Waals surface area contributed by atoms with Gasteiger partial charge >= 0.3 is 0 Å². The summed E-state index contributed by atoms with van der Waals surface area (Å²) in [6.45, 7) is 5.15. The molecule has 100 valence electrons. The molecule has 1 nitrogen and oxygen atoms in total. The molecule has 1 atom stereocenters. The first-order valence-corrected chi connectivity index (χ1v) is 7.54. The molecule has 1 N–H and O–H groups in total. The van der Waals surface area contributed by atoms with E-state index in [1.807, 2.05) is 6.07 Å². The number of halogens is 2. The molecule has 0 aromatic heterocycles. The first-order chi connectivity index (χ1) is 9.11. The standard InChI is InChI=1S/C16H17BrClN/c1-3-19-16(12-6-4-5-11(2)9-12)13-7-8-15(18)14(17)10-13/h4-10,16,19H,3H2,1-2H3. The lowest BCUT2D eigenvalue weighted by Crippen LogP contribution is -2.22. The number of hydrogen-bond acceptors (Lipinski definition) is 1. The molecular weight excluding hydrogens is 322 g/mol. The van der Waals surface area contributed by atoms with Gasteiger partial charge in [-0.1, -0.05) is 54.4 Å². The van der Waals surface area contributed by atoms with Gasteiger partial charge in [0, 0.05) is 4.47 Å². The lowest BCUT2D eigenvalue weighted by molar-refractivity contribution is 0.630. The molecule has 0 spiro atoms.